The summed E-state index contributed by atoms with van der Waals surface area (Å²) >= 11 is 0. The summed E-state index contributed by atoms with van der Waals surface area (Å²) in [5.74, 6) is 0.790. The van der Waals surface area contributed by atoms with Gasteiger partial charge in [-0.15, -0.1) is 10.2 Å². The molecule has 2 aliphatic heterocycles. The smallest absolute Gasteiger partial charge is 0.321 e. The second kappa shape index (κ2) is 8.39. The van der Waals surface area contributed by atoms with Gasteiger partial charge in [0.1, 0.15) is 25.0 Å². The van der Waals surface area contributed by atoms with Crippen LogP contribution in [0.5, 0.6) is 5.75 Å². The topological polar surface area (TPSA) is 81.5 Å². The summed E-state index contributed by atoms with van der Waals surface area (Å²) in [5, 5.41) is 10.7. The minimum atomic E-state index is -0.0646. The molecule has 27 heavy (non-hydrogen) atoms. The van der Waals surface area contributed by atoms with Gasteiger partial charge in [-0.3, -0.25) is 0 Å². The maximum atomic E-state index is 12.5. The van der Waals surface area contributed by atoms with Crippen molar-refractivity contribution in [3.05, 3.63) is 36.9 Å². The molecule has 4 rings (SSSR count). The Morgan fingerprint density at radius 3 is 2.56 bits per heavy atom. The fourth-order valence-electron chi connectivity index (χ4n) is 3.57. The van der Waals surface area contributed by atoms with Crippen LogP contribution < -0.4 is 10.1 Å². The van der Waals surface area contributed by atoms with Crippen LogP contribution in [-0.4, -0.2) is 58.1 Å². The molecular formula is C19H25N5O3. The molecule has 3 heterocycles. The second-order valence-corrected chi connectivity index (χ2v) is 7.03. The highest BCUT2D eigenvalue weighted by Gasteiger charge is 2.23. The normalized spacial score (nSPS) is 20.6. The average Bonchev–Trinajstić information content (AvgIpc) is 3.42. The van der Waals surface area contributed by atoms with Crippen molar-refractivity contribution in [3.63, 3.8) is 0 Å². The molecule has 144 valence electrons. The predicted molar refractivity (Wildman–Crippen MR) is 99.8 cm³/mol. The molecule has 1 N–H and O–H groups in total. The SMILES string of the molecule is O=C(Nc1ccc(OCC2CCCO2)cc1)N1CCC(n2cnnc2)CC1. The molecule has 2 aromatic rings. The van der Waals surface area contributed by atoms with Crippen molar-refractivity contribution in [2.75, 3.05) is 31.6 Å². The number of benzene rings is 1. The van der Waals surface area contributed by atoms with E-state index in [1.54, 1.807) is 12.7 Å². The monoisotopic (exact) mass is 371 g/mol. The fourth-order valence-corrected chi connectivity index (χ4v) is 3.57. The van der Waals surface area contributed by atoms with Crippen LogP contribution in [0.4, 0.5) is 10.5 Å². The number of carbonyl (C=O) groups is 1. The van der Waals surface area contributed by atoms with Crippen LogP contribution in [0.2, 0.25) is 0 Å². The summed E-state index contributed by atoms with van der Waals surface area (Å²) < 4.78 is 13.3. The maximum absolute atomic E-state index is 12.5. The zero-order valence-electron chi connectivity index (χ0n) is 15.3. The van der Waals surface area contributed by atoms with Crippen molar-refractivity contribution in [1.29, 1.82) is 0 Å². The van der Waals surface area contributed by atoms with E-state index >= 15 is 0 Å². The summed E-state index contributed by atoms with van der Waals surface area (Å²) in [6.45, 7) is 2.84. The van der Waals surface area contributed by atoms with E-state index in [-0.39, 0.29) is 12.1 Å². The molecule has 0 aliphatic carbocycles. The molecule has 2 aliphatic rings. The number of hydrogen-bond donors (Lipinski definition) is 1. The number of hydrogen-bond acceptors (Lipinski definition) is 5. The van der Waals surface area contributed by atoms with Gasteiger partial charge in [0.15, 0.2) is 0 Å². The van der Waals surface area contributed by atoms with E-state index in [1.165, 1.54) is 0 Å². The number of aromatic nitrogens is 3. The fraction of sp³-hybridized carbons (Fsp3) is 0.526. The van der Waals surface area contributed by atoms with Gasteiger partial charge in [0.25, 0.3) is 0 Å². The lowest BCUT2D eigenvalue weighted by atomic mass is 10.1. The van der Waals surface area contributed by atoms with Crippen LogP contribution >= 0.6 is 0 Å². The van der Waals surface area contributed by atoms with Gasteiger partial charge in [-0.25, -0.2) is 4.79 Å². The number of nitrogens with zero attached hydrogens (tertiary/aromatic N) is 4. The minimum absolute atomic E-state index is 0.0646. The lowest BCUT2D eigenvalue weighted by molar-refractivity contribution is 0.0679. The van der Waals surface area contributed by atoms with Crippen LogP contribution in [0.1, 0.15) is 31.7 Å². The molecule has 1 aromatic heterocycles. The number of likely N-dealkylation sites (tertiary alicyclic amines) is 1. The van der Waals surface area contributed by atoms with Crippen LogP contribution in [0.25, 0.3) is 0 Å². The van der Waals surface area contributed by atoms with Gasteiger partial charge in [-0.1, -0.05) is 0 Å². The number of piperidine rings is 1. The predicted octanol–water partition coefficient (Wildman–Crippen LogP) is 2.70. The first-order valence-electron chi connectivity index (χ1n) is 9.52. The van der Waals surface area contributed by atoms with Crippen LogP contribution in [-0.2, 0) is 4.74 Å². The summed E-state index contributed by atoms with van der Waals surface area (Å²) in [6.07, 6.45) is 7.65. The Morgan fingerprint density at radius 1 is 1.15 bits per heavy atom. The average molecular weight is 371 g/mol. The lowest BCUT2D eigenvalue weighted by Gasteiger charge is -2.32. The number of nitrogens with one attached hydrogen (secondary N) is 1. The Balaban J connectivity index is 1.23. The summed E-state index contributed by atoms with van der Waals surface area (Å²) in [6, 6.07) is 7.79. The van der Waals surface area contributed by atoms with Crippen molar-refractivity contribution in [3.8, 4) is 5.75 Å². The molecule has 0 saturated carbocycles. The Morgan fingerprint density at radius 2 is 1.89 bits per heavy atom. The molecule has 2 fully saturated rings. The Hall–Kier alpha value is -2.61. The lowest BCUT2D eigenvalue weighted by Crippen LogP contribution is -2.41. The quantitative estimate of drug-likeness (QED) is 0.874. The van der Waals surface area contributed by atoms with Crippen molar-refractivity contribution < 1.29 is 14.3 Å². The molecule has 1 atom stereocenters. The van der Waals surface area contributed by atoms with E-state index in [2.05, 4.69) is 15.5 Å². The van der Waals surface area contributed by atoms with Crippen LogP contribution in [0, 0.1) is 0 Å². The third-order valence-electron chi connectivity index (χ3n) is 5.18. The van der Waals surface area contributed by atoms with Gasteiger partial charge >= 0.3 is 6.03 Å². The van der Waals surface area contributed by atoms with E-state index in [0.29, 0.717) is 12.6 Å². The second-order valence-electron chi connectivity index (χ2n) is 7.03. The molecule has 8 heteroatoms. The molecule has 2 amide bonds. The number of urea groups is 1. The standard InChI is InChI=1S/C19H25N5O3/c25-19(23-9-7-16(8-10-23)24-13-20-21-14-24)22-15-3-5-17(6-4-15)27-12-18-2-1-11-26-18/h3-6,13-14,16,18H,1-2,7-12H2,(H,22,25). The molecule has 2 saturated heterocycles. The van der Waals surface area contributed by atoms with Gasteiger partial charge in [-0.05, 0) is 49.9 Å². The molecular weight excluding hydrogens is 346 g/mol. The molecule has 0 radical (unpaired) electrons. The molecule has 8 nitrogen and oxygen atoms in total. The van der Waals surface area contributed by atoms with Crippen molar-refractivity contribution in [2.24, 2.45) is 0 Å². The van der Waals surface area contributed by atoms with Gasteiger partial charge in [0.05, 0.1) is 6.10 Å². The molecule has 1 unspecified atom stereocenters. The van der Waals surface area contributed by atoms with E-state index in [9.17, 15) is 4.79 Å². The van der Waals surface area contributed by atoms with Crippen LogP contribution in [0.3, 0.4) is 0 Å². The minimum Gasteiger partial charge on any atom is -0.491 e. The maximum Gasteiger partial charge on any atom is 0.321 e. The third-order valence-corrected chi connectivity index (χ3v) is 5.18. The summed E-state index contributed by atoms with van der Waals surface area (Å²) in [5.41, 5.74) is 0.769. The highest BCUT2D eigenvalue weighted by atomic mass is 16.5. The largest absolute Gasteiger partial charge is 0.491 e. The van der Waals surface area contributed by atoms with Gasteiger partial charge in [0.2, 0.25) is 0 Å². The van der Waals surface area contributed by atoms with Crippen LogP contribution in [0.15, 0.2) is 36.9 Å². The summed E-state index contributed by atoms with van der Waals surface area (Å²) in [7, 11) is 0. The number of rotatable bonds is 5. The van der Waals surface area contributed by atoms with E-state index in [0.717, 1.165) is 56.8 Å². The Labute approximate surface area is 158 Å². The van der Waals surface area contributed by atoms with Crippen molar-refractivity contribution in [2.45, 2.75) is 37.8 Å². The van der Waals surface area contributed by atoms with Crippen molar-refractivity contribution in [1.82, 2.24) is 19.7 Å². The number of anilines is 1. The van der Waals surface area contributed by atoms with E-state index in [4.69, 9.17) is 9.47 Å². The third kappa shape index (κ3) is 4.57. The van der Waals surface area contributed by atoms with Gasteiger partial charge < -0.3 is 24.3 Å². The molecule has 0 bridgehead atoms. The highest BCUT2D eigenvalue weighted by Crippen LogP contribution is 2.23. The Kier molecular flexibility index (Phi) is 5.53. The zero-order chi connectivity index (χ0) is 18.5. The highest BCUT2D eigenvalue weighted by molar-refractivity contribution is 5.89. The van der Waals surface area contributed by atoms with E-state index < -0.39 is 0 Å². The van der Waals surface area contributed by atoms with Gasteiger partial charge in [-0.2, -0.15) is 0 Å². The van der Waals surface area contributed by atoms with Gasteiger partial charge in [0, 0.05) is 31.4 Å². The number of amides is 2. The molecule has 1 aromatic carbocycles. The Bertz CT molecular complexity index is 720. The van der Waals surface area contributed by atoms with Crippen molar-refractivity contribution >= 4 is 11.7 Å². The zero-order valence-corrected chi connectivity index (χ0v) is 15.3. The number of ether oxygens (including phenoxy) is 2. The first-order valence-corrected chi connectivity index (χ1v) is 9.52. The first-order chi connectivity index (χ1) is 13.3. The summed E-state index contributed by atoms with van der Waals surface area (Å²) in [4.78, 5) is 14.3. The molecule has 0 spiro atoms. The van der Waals surface area contributed by atoms with E-state index in [1.807, 2.05) is 33.7 Å². The first kappa shape index (κ1) is 17.8. The number of carbonyl (C=O) groups excluding carboxylic acids is 1.